The topological polar surface area (TPSA) is 109 Å². The first-order valence-electron chi connectivity index (χ1n) is 11.9. The molecule has 2 heterocycles. The van der Waals surface area contributed by atoms with Crippen LogP contribution in [0.3, 0.4) is 0 Å². The largest absolute Gasteiger partial charge is 0.416 e. The number of hydrazine groups is 1. The lowest BCUT2D eigenvalue weighted by atomic mass is 9.80. The molecule has 0 saturated heterocycles. The molecule has 0 aliphatic rings. The summed E-state index contributed by atoms with van der Waals surface area (Å²) in [6.07, 6.45) is -3.39. The molecule has 5 rings (SSSR count). The van der Waals surface area contributed by atoms with Crippen molar-refractivity contribution in [3.63, 3.8) is 0 Å². The van der Waals surface area contributed by atoms with Gasteiger partial charge in [-0.3, -0.25) is 15.2 Å². The molecule has 1 unspecified atom stereocenters. The normalized spacial score (nSPS) is 13.2. The summed E-state index contributed by atoms with van der Waals surface area (Å²) in [5.74, 6) is 3.80. The van der Waals surface area contributed by atoms with Gasteiger partial charge in [0, 0.05) is 18.2 Å². The lowest BCUT2D eigenvalue weighted by Gasteiger charge is -2.35. The lowest BCUT2D eigenvalue weighted by Crippen LogP contribution is -2.40. The van der Waals surface area contributed by atoms with Crippen LogP contribution in [0.4, 0.5) is 23.5 Å². The zero-order valence-electron chi connectivity index (χ0n) is 20.6. The quantitative estimate of drug-likeness (QED) is 0.0837. The van der Waals surface area contributed by atoms with Gasteiger partial charge in [0.25, 0.3) is 5.91 Å². The van der Waals surface area contributed by atoms with Gasteiger partial charge in [-0.1, -0.05) is 41.9 Å². The summed E-state index contributed by atoms with van der Waals surface area (Å²) in [5.41, 5.74) is 1.47. The number of fused-ring (bicyclic) bond motifs is 1. The number of rotatable bonds is 7. The number of alkyl halides is 3. The van der Waals surface area contributed by atoms with Crippen molar-refractivity contribution in [3.05, 3.63) is 124 Å². The maximum Gasteiger partial charge on any atom is 0.416 e. The molecule has 0 radical (unpaired) electrons. The zero-order chi connectivity index (χ0) is 28.5. The van der Waals surface area contributed by atoms with Gasteiger partial charge in [-0.25, -0.2) is 15.2 Å². The molecule has 204 valence electrons. The summed E-state index contributed by atoms with van der Waals surface area (Å²) >= 11 is 6.09. The molecule has 5 N–H and O–H groups in total. The molecule has 0 fully saturated rings. The number of hydrogen-bond acceptors (Lipinski definition) is 5. The molecule has 7 nitrogen and oxygen atoms in total. The van der Waals surface area contributed by atoms with Gasteiger partial charge >= 0.3 is 6.18 Å². The minimum Gasteiger partial charge on any atom is -0.340 e. The van der Waals surface area contributed by atoms with Crippen LogP contribution >= 0.6 is 11.6 Å². The van der Waals surface area contributed by atoms with Gasteiger partial charge < -0.3 is 10.3 Å². The lowest BCUT2D eigenvalue weighted by molar-refractivity contribution is -0.137. The number of amides is 1. The van der Waals surface area contributed by atoms with Gasteiger partial charge in [-0.05, 0) is 59.7 Å². The van der Waals surface area contributed by atoms with Crippen LogP contribution in [-0.2, 0) is 18.1 Å². The van der Waals surface area contributed by atoms with Gasteiger partial charge in [0.2, 0.25) is 5.95 Å². The minimum atomic E-state index is -4.80. The Morgan fingerprint density at radius 1 is 0.975 bits per heavy atom. The molecule has 40 heavy (non-hydrogen) atoms. The molecular formula is C28H21ClF4N6O. The molecule has 0 spiro atoms. The minimum absolute atomic E-state index is 0.0397. The number of nitrogens with two attached hydrogens (primary N) is 1. The van der Waals surface area contributed by atoms with Crippen LogP contribution in [0.15, 0.2) is 85.1 Å². The number of nitrogens with one attached hydrogen (secondary N) is 3. The van der Waals surface area contributed by atoms with E-state index in [1.165, 1.54) is 18.3 Å². The highest BCUT2D eigenvalue weighted by Gasteiger charge is 2.40. The summed E-state index contributed by atoms with van der Waals surface area (Å²) in [4.78, 5) is 24.0. The van der Waals surface area contributed by atoms with E-state index in [0.29, 0.717) is 22.1 Å². The number of nitrogen functional groups attached to an aromatic ring is 1. The van der Waals surface area contributed by atoms with Gasteiger partial charge in [-0.15, -0.1) is 0 Å². The molecular weight excluding hydrogens is 548 g/mol. The summed E-state index contributed by atoms with van der Waals surface area (Å²) in [5, 5.41) is 3.53. The molecule has 0 aliphatic heterocycles. The third-order valence-electron chi connectivity index (χ3n) is 6.40. The average molecular weight is 569 g/mol. The monoisotopic (exact) mass is 568 g/mol. The zero-order valence-corrected chi connectivity index (χ0v) is 21.3. The SMILES string of the molecule is NNC(=O)c1ccc2nc(NC(Cc3ccccc3)(c3cc(F)cc(C(F)(F)F)c3)c3ccc(Cl)cn3)[nH]c2c1. The van der Waals surface area contributed by atoms with E-state index in [9.17, 15) is 22.4 Å². The highest BCUT2D eigenvalue weighted by Crippen LogP contribution is 2.40. The number of pyridine rings is 1. The van der Waals surface area contributed by atoms with Crippen molar-refractivity contribution in [2.75, 3.05) is 5.32 Å². The van der Waals surface area contributed by atoms with Gasteiger partial charge in [0.1, 0.15) is 11.4 Å². The van der Waals surface area contributed by atoms with E-state index in [0.717, 1.165) is 17.7 Å². The Bertz CT molecular complexity index is 1670. The van der Waals surface area contributed by atoms with Crippen molar-refractivity contribution in [1.82, 2.24) is 20.4 Å². The summed E-state index contributed by atoms with van der Waals surface area (Å²) in [6, 6.07) is 19.1. The first-order valence-corrected chi connectivity index (χ1v) is 12.3. The summed E-state index contributed by atoms with van der Waals surface area (Å²) < 4.78 is 56.3. The van der Waals surface area contributed by atoms with E-state index in [1.54, 1.807) is 48.5 Å². The second kappa shape index (κ2) is 10.6. The predicted octanol–water partition coefficient (Wildman–Crippen LogP) is 5.97. The fourth-order valence-corrected chi connectivity index (χ4v) is 4.66. The van der Waals surface area contributed by atoms with E-state index in [2.05, 4.69) is 25.7 Å². The third kappa shape index (κ3) is 5.47. The fraction of sp³-hybridized carbons (Fsp3) is 0.107. The van der Waals surface area contributed by atoms with Gasteiger partial charge in [0.15, 0.2) is 0 Å². The number of carbonyl (C=O) groups excluding carboxylic acids is 1. The summed E-state index contributed by atoms with van der Waals surface area (Å²) in [7, 11) is 0. The van der Waals surface area contributed by atoms with Crippen LogP contribution < -0.4 is 16.6 Å². The van der Waals surface area contributed by atoms with Crippen molar-refractivity contribution in [1.29, 1.82) is 0 Å². The maximum atomic E-state index is 14.8. The Hall–Kier alpha value is -4.48. The standard InChI is InChI=1S/C28H21ClF4N6O/c29-20-7-9-24(35-15-20)27(14-16-4-2-1-3-5-16,18-11-19(28(31,32)33)13-21(30)12-18)38-26-36-22-8-6-17(25(40)39-34)10-23(22)37-26/h1-13,15H,14,34H2,(H,39,40)(H2,36,37,38). The van der Waals surface area contributed by atoms with Gasteiger partial charge in [-0.2, -0.15) is 13.2 Å². The number of halogens is 5. The van der Waals surface area contributed by atoms with Crippen LogP contribution in [-0.4, -0.2) is 20.9 Å². The Morgan fingerprint density at radius 3 is 2.40 bits per heavy atom. The molecule has 1 atom stereocenters. The number of hydrogen-bond donors (Lipinski definition) is 4. The number of aromatic nitrogens is 3. The third-order valence-corrected chi connectivity index (χ3v) is 6.63. The number of carbonyl (C=O) groups is 1. The number of nitrogens with zero attached hydrogens (tertiary/aromatic N) is 2. The van der Waals surface area contributed by atoms with Crippen molar-refractivity contribution in [2.24, 2.45) is 5.84 Å². The van der Waals surface area contributed by atoms with E-state index >= 15 is 0 Å². The number of imidazole rings is 1. The van der Waals surface area contributed by atoms with Gasteiger partial charge in [0.05, 0.1) is 27.3 Å². The number of H-pyrrole nitrogens is 1. The first-order chi connectivity index (χ1) is 19.1. The second-order valence-electron chi connectivity index (χ2n) is 9.07. The van der Waals surface area contributed by atoms with Crippen molar-refractivity contribution >= 4 is 34.5 Å². The smallest absolute Gasteiger partial charge is 0.340 e. The Balaban J connectivity index is 1.74. The van der Waals surface area contributed by atoms with Crippen molar-refractivity contribution in [2.45, 2.75) is 18.1 Å². The van der Waals surface area contributed by atoms with E-state index in [4.69, 9.17) is 17.4 Å². The number of anilines is 1. The Labute approximate surface area is 230 Å². The Kier molecular flexibility index (Phi) is 7.17. The molecule has 2 aromatic heterocycles. The van der Waals surface area contributed by atoms with E-state index in [1.807, 2.05) is 0 Å². The number of benzene rings is 3. The van der Waals surface area contributed by atoms with Crippen LogP contribution in [0, 0.1) is 5.82 Å². The van der Waals surface area contributed by atoms with E-state index < -0.39 is 29.0 Å². The average Bonchev–Trinajstić information content (AvgIpc) is 3.33. The Morgan fingerprint density at radius 2 is 1.73 bits per heavy atom. The maximum absolute atomic E-state index is 14.8. The molecule has 5 aromatic rings. The summed E-state index contributed by atoms with van der Waals surface area (Å²) in [6.45, 7) is 0. The number of aromatic amines is 1. The van der Waals surface area contributed by atoms with Crippen molar-refractivity contribution in [3.8, 4) is 0 Å². The molecule has 0 saturated carbocycles. The van der Waals surface area contributed by atoms with E-state index in [-0.39, 0.29) is 29.2 Å². The predicted molar refractivity (Wildman–Crippen MR) is 143 cm³/mol. The second-order valence-corrected chi connectivity index (χ2v) is 9.51. The first kappa shape index (κ1) is 27.1. The van der Waals surface area contributed by atoms with Crippen LogP contribution in [0.2, 0.25) is 5.02 Å². The molecule has 0 aliphatic carbocycles. The molecule has 12 heteroatoms. The van der Waals surface area contributed by atoms with Crippen molar-refractivity contribution < 1.29 is 22.4 Å². The van der Waals surface area contributed by atoms with Crippen LogP contribution in [0.1, 0.15) is 32.7 Å². The molecule has 0 bridgehead atoms. The molecule has 1 amide bonds. The van der Waals surface area contributed by atoms with Crippen LogP contribution in [0.25, 0.3) is 11.0 Å². The highest BCUT2D eigenvalue weighted by atomic mass is 35.5. The van der Waals surface area contributed by atoms with Crippen LogP contribution in [0.5, 0.6) is 0 Å². The fourth-order valence-electron chi connectivity index (χ4n) is 4.55. The highest BCUT2D eigenvalue weighted by molar-refractivity contribution is 6.30. The molecule has 3 aromatic carbocycles.